The summed E-state index contributed by atoms with van der Waals surface area (Å²) in [6, 6.07) is 10.4. The van der Waals surface area contributed by atoms with E-state index in [0.29, 0.717) is 55.1 Å². The summed E-state index contributed by atoms with van der Waals surface area (Å²) in [7, 11) is 1.61. The molecule has 0 aliphatic carbocycles. The molecule has 1 unspecified atom stereocenters. The van der Waals surface area contributed by atoms with Crippen LogP contribution in [0.25, 0.3) is 11.1 Å². The Kier molecular flexibility index (Phi) is 5.85. The summed E-state index contributed by atoms with van der Waals surface area (Å²) < 4.78 is 45.5. The zero-order valence-electron chi connectivity index (χ0n) is 17.9. The molecule has 1 aliphatic rings. The van der Waals surface area contributed by atoms with E-state index in [1.165, 1.54) is 16.7 Å². The third-order valence-electron chi connectivity index (χ3n) is 5.97. The van der Waals surface area contributed by atoms with Gasteiger partial charge in [-0.1, -0.05) is 13.0 Å². The number of carbonyl (C=O) groups is 1. The lowest BCUT2D eigenvalue weighted by Gasteiger charge is -2.37. The number of rotatable bonds is 5. The van der Waals surface area contributed by atoms with Crippen molar-refractivity contribution >= 4 is 22.6 Å². The SMILES string of the molecule is CC(CN1CCN(c2cccc(C(F)(F)F)c2)CC1)C(=O)c1ccc2c(c1)oc(=O)n2C. The van der Waals surface area contributed by atoms with E-state index in [2.05, 4.69) is 4.90 Å². The number of Topliss-reactive ketones (excluding diaryl/α,β-unsaturated/α-hetero) is 1. The first-order valence-electron chi connectivity index (χ1n) is 10.4. The molecule has 1 aromatic heterocycles. The Balaban J connectivity index is 1.37. The Hall–Kier alpha value is -3.07. The molecule has 0 radical (unpaired) electrons. The van der Waals surface area contributed by atoms with E-state index in [4.69, 9.17) is 4.42 Å². The summed E-state index contributed by atoms with van der Waals surface area (Å²) in [4.78, 5) is 28.6. The van der Waals surface area contributed by atoms with Gasteiger partial charge in [0.1, 0.15) is 0 Å². The quantitative estimate of drug-likeness (QED) is 0.557. The van der Waals surface area contributed by atoms with E-state index in [1.54, 1.807) is 31.3 Å². The summed E-state index contributed by atoms with van der Waals surface area (Å²) in [5.41, 5.74) is 1.40. The molecule has 32 heavy (non-hydrogen) atoms. The zero-order chi connectivity index (χ0) is 23.0. The number of fused-ring (bicyclic) bond motifs is 1. The molecule has 2 aromatic carbocycles. The van der Waals surface area contributed by atoms with Crippen molar-refractivity contribution < 1.29 is 22.4 Å². The number of aryl methyl sites for hydroxylation is 1. The van der Waals surface area contributed by atoms with Crippen LogP contribution in [0.1, 0.15) is 22.8 Å². The zero-order valence-corrected chi connectivity index (χ0v) is 17.9. The van der Waals surface area contributed by atoms with Gasteiger partial charge in [-0.15, -0.1) is 0 Å². The van der Waals surface area contributed by atoms with Crippen molar-refractivity contribution in [2.75, 3.05) is 37.6 Å². The van der Waals surface area contributed by atoms with Gasteiger partial charge in [-0.3, -0.25) is 14.3 Å². The van der Waals surface area contributed by atoms with Gasteiger partial charge in [0, 0.05) is 56.9 Å². The number of aromatic nitrogens is 1. The highest BCUT2D eigenvalue weighted by molar-refractivity contribution is 6.00. The Morgan fingerprint density at radius 2 is 1.81 bits per heavy atom. The number of benzene rings is 2. The molecule has 0 N–H and O–H groups in total. The second-order valence-electron chi connectivity index (χ2n) is 8.21. The molecule has 0 amide bonds. The molecular formula is C23H24F3N3O3. The van der Waals surface area contributed by atoms with Crippen molar-refractivity contribution in [1.29, 1.82) is 0 Å². The second kappa shape index (κ2) is 8.46. The molecule has 1 aliphatic heterocycles. The van der Waals surface area contributed by atoms with E-state index in [-0.39, 0.29) is 11.7 Å². The first kappa shape index (κ1) is 22.1. The monoisotopic (exact) mass is 447 g/mol. The number of carbonyl (C=O) groups excluding carboxylic acids is 1. The third kappa shape index (κ3) is 4.43. The summed E-state index contributed by atoms with van der Waals surface area (Å²) in [6.45, 7) is 4.88. The smallest absolute Gasteiger partial charge is 0.408 e. The van der Waals surface area contributed by atoms with Crippen LogP contribution in [-0.4, -0.2) is 48.0 Å². The molecular weight excluding hydrogens is 423 g/mol. The van der Waals surface area contributed by atoms with Crippen LogP contribution in [0.2, 0.25) is 0 Å². The lowest BCUT2D eigenvalue weighted by Crippen LogP contribution is -2.48. The number of oxazole rings is 1. The first-order valence-corrected chi connectivity index (χ1v) is 10.4. The first-order chi connectivity index (χ1) is 15.1. The van der Waals surface area contributed by atoms with E-state index < -0.39 is 17.5 Å². The predicted molar refractivity (Wildman–Crippen MR) is 115 cm³/mol. The second-order valence-corrected chi connectivity index (χ2v) is 8.21. The molecule has 1 atom stereocenters. The normalized spacial score (nSPS) is 16.5. The molecule has 0 saturated carbocycles. The van der Waals surface area contributed by atoms with Gasteiger partial charge in [0.05, 0.1) is 11.1 Å². The van der Waals surface area contributed by atoms with Crippen molar-refractivity contribution in [1.82, 2.24) is 9.47 Å². The maximum Gasteiger partial charge on any atom is 0.419 e. The van der Waals surface area contributed by atoms with Crippen LogP contribution in [0.3, 0.4) is 0 Å². The fourth-order valence-corrected chi connectivity index (χ4v) is 4.11. The molecule has 2 heterocycles. The Morgan fingerprint density at radius 1 is 1.09 bits per heavy atom. The van der Waals surface area contributed by atoms with Gasteiger partial charge in [0.15, 0.2) is 11.4 Å². The number of nitrogens with zero attached hydrogens (tertiary/aromatic N) is 3. The van der Waals surface area contributed by atoms with E-state index >= 15 is 0 Å². The number of piperazine rings is 1. The number of anilines is 1. The summed E-state index contributed by atoms with van der Waals surface area (Å²) in [6.07, 6.45) is -4.36. The van der Waals surface area contributed by atoms with Crippen LogP contribution >= 0.6 is 0 Å². The van der Waals surface area contributed by atoms with Gasteiger partial charge in [-0.05, 0) is 36.4 Å². The average molecular weight is 447 g/mol. The van der Waals surface area contributed by atoms with Crippen LogP contribution in [0.15, 0.2) is 51.7 Å². The van der Waals surface area contributed by atoms with Gasteiger partial charge in [-0.25, -0.2) is 4.79 Å². The van der Waals surface area contributed by atoms with Crippen LogP contribution in [0, 0.1) is 5.92 Å². The molecule has 3 aromatic rings. The molecule has 170 valence electrons. The summed E-state index contributed by atoms with van der Waals surface area (Å²) in [5, 5.41) is 0. The van der Waals surface area contributed by atoms with E-state index in [1.807, 2.05) is 11.8 Å². The number of hydrogen-bond donors (Lipinski definition) is 0. The largest absolute Gasteiger partial charge is 0.419 e. The van der Waals surface area contributed by atoms with Crippen molar-refractivity contribution in [3.05, 3.63) is 64.1 Å². The highest BCUT2D eigenvalue weighted by atomic mass is 19.4. The number of hydrogen-bond acceptors (Lipinski definition) is 5. The maximum absolute atomic E-state index is 13.0. The average Bonchev–Trinajstić information content (AvgIpc) is 3.06. The van der Waals surface area contributed by atoms with Crippen LogP contribution in [-0.2, 0) is 13.2 Å². The highest BCUT2D eigenvalue weighted by Gasteiger charge is 2.31. The fourth-order valence-electron chi connectivity index (χ4n) is 4.11. The number of halogens is 3. The minimum absolute atomic E-state index is 0.0429. The molecule has 6 nitrogen and oxygen atoms in total. The van der Waals surface area contributed by atoms with Crippen molar-refractivity contribution in [3.8, 4) is 0 Å². The summed E-state index contributed by atoms with van der Waals surface area (Å²) in [5.74, 6) is -0.794. The van der Waals surface area contributed by atoms with Crippen LogP contribution < -0.4 is 10.7 Å². The molecule has 1 fully saturated rings. The van der Waals surface area contributed by atoms with Crippen molar-refractivity contribution in [2.45, 2.75) is 13.1 Å². The molecule has 4 rings (SSSR count). The van der Waals surface area contributed by atoms with Gasteiger partial charge in [0.25, 0.3) is 0 Å². The standard InChI is InChI=1S/C23H24F3N3O3/c1-15(21(30)16-6-7-19-20(12-16)32-22(31)27(19)2)14-28-8-10-29(11-9-28)18-5-3-4-17(13-18)23(24,25)26/h3-7,12-13,15H,8-11,14H2,1-2H3. The van der Waals surface area contributed by atoms with Crippen molar-refractivity contribution in [3.63, 3.8) is 0 Å². The van der Waals surface area contributed by atoms with Gasteiger partial charge in [-0.2, -0.15) is 13.2 Å². The number of alkyl halides is 3. The Bertz CT molecular complexity index is 1190. The van der Waals surface area contributed by atoms with Gasteiger partial charge in [0.2, 0.25) is 0 Å². The predicted octanol–water partition coefficient (Wildman–Crippen LogP) is 3.79. The summed E-state index contributed by atoms with van der Waals surface area (Å²) >= 11 is 0. The lowest BCUT2D eigenvalue weighted by atomic mass is 9.98. The molecule has 1 saturated heterocycles. The maximum atomic E-state index is 13.0. The van der Waals surface area contributed by atoms with Gasteiger partial charge >= 0.3 is 11.9 Å². The number of ketones is 1. The van der Waals surface area contributed by atoms with Crippen molar-refractivity contribution in [2.24, 2.45) is 13.0 Å². The van der Waals surface area contributed by atoms with E-state index in [0.717, 1.165) is 6.07 Å². The topological polar surface area (TPSA) is 58.7 Å². The lowest BCUT2D eigenvalue weighted by molar-refractivity contribution is -0.137. The Morgan fingerprint density at radius 3 is 2.50 bits per heavy atom. The molecule has 9 heteroatoms. The third-order valence-corrected chi connectivity index (χ3v) is 5.97. The highest BCUT2D eigenvalue weighted by Crippen LogP contribution is 2.32. The van der Waals surface area contributed by atoms with Crippen LogP contribution in [0.5, 0.6) is 0 Å². The molecule has 0 bridgehead atoms. The minimum atomic E-state index is -4.36. The minimum Gasteiger partial charge on any atom is -0.408 e. The fraction of sp³-hybridized carbons (Fsp3) is 0.391. The molecule has 0 spiro atoms. The van der Waals surface area contributed by atoms with E-state index in [9.17, 15) is 22.8 Å². The van der Waals surface area contributed by atoms with Crippen LogP contribution in [0.4, 0.5) is 18.9 Å². The van der Waals surface area contributed by atoms with Gasteiger partial charge < -0.3 is 9.32 Å². The Labute approximate surface area is 182 Å².